The van der Waals surface area contributed by atoms with E-state index in [1.807, 2.05) is 51.2 Å². The van der Waals surface area contributed by atoms with E-state index in [0.717, 1.165) is 5.57 Å². The number of carbonyl (C=O) groups excluding carboxylic acids is 6. The summed E-state index contributed by atoms with van der Waals surface area (Å²) in [6.45, 7) is 11.6. The van der Waals surface area contributed by atoms with Crippen LogP contribution < -0.4 is 0 Å². The van der Waals surface area contributed by atoms with E-state index in [1.54, 1.807) is 46.0 Å². The first-order chi connectivity index (χ1) is 34.7. The minimum Gasteiger partial charge on any atom is -0.460 e. The molecule has 17 nitrogen and oxygen atoms in total. The Morgan fingerprint density at radius 1 is 0.808 bits per heavy atom. The Hall–Kier alpha value is -4.10. The zero-order chi connectivity index (χ0) is 53.3. The monoisotopic (exact) mass is 1020 g/mol. The number of amides is 2. The van der Waals surface area contributed by atoms with Crippen molar-refractivity contribution in [3.05, 3.63) is 47.6 Å². The van der Waals surface area contributed by atoms with Gasteiger partial charge < -0.3 is 53.5 Å². The number of aliphatic hydroxyl groups is 3. The molecule has 6 bridgehead atoms. The molecule has 6 rings (SSSR count). The molecular weight excluding hydrogens is 941 g/mol. The molecule has 17 heteroatoms. The number of likely N-dealkylation sites (tertiary alicyclic amines) is 1. The van der Waals surface area contributed by atoms with Gasteiger partial charge in [0.05, 0.1) is 24.4 Å². The molecule has 3 N–H and O–H groups in total. The van der Waals surface area contributed by atoms with Crippen molar-refractivity contribution in [1.82, 2.24) is 9.80 Å². The second kappa shape index (κ2) is 26.1. The van der Waals surface area contributed by atoms with E-state index in [9.17, 15) is 44.1 Å². The van der Waals surface area contributed by atoms with Crippen LogP contribution in [0.2, 0.25) is 0 Å². The van der Waals surface area contributed by atoms with Crippen LogP contribution in [-0.2, 0) is 52.4 Å². The van der Waals surface area contributed by atoms with Crippen LogP contribution in [0.5, 0.6) is 0 Å². The van der Waals surface area contributed by atoms with Crippen LogP contribution in [0.25, 0.3) is 0 Å². The lowest BCUT2D eigenvalue weighted by atomic mass is 9.68. The van der Waals surface area contributed by atoms with E-state index < -0.39 is 114 Å². The minimum absolute atomic E-state index is 0.00607. The van der Waals surface area contributed by atoms with Crippen LogP contribution in [0, 0.1) is 41.4 Å². The predicted molar refractivity (Wildman–Crippen MR) is 269 cm³/mol. The predicted octanol–water partition coefficient (Wildman–Crippen LogP) is 6.00. The first kappa shape index (κ1) is 58.2. The van der Waals surface area contributed by atoms with Crippen molar-refractivity contribution in [3.63, 3.8) is 0 Å². The van der Waals surface area contributed by atoms with Crippen molar-refractivity contribution >= 4 is 35.3 Å². The Kier molecular flexibility index (Phi) is 20.8. The third-order valence-electron chi connectivity index (χ3n) is 16.9. The lowest BCUT2D eigenvalue weighted by Gasteiger charge is -2.50. The molecule has 408 valence electrons. The standard InChI is InChI=1S/C56H84N2O15/c1-32-14-11-10-12-15-33(2)45(68-7)30-40-19-17-37(6)56(67,73-40)52(63)53(64)58-23-13-16-41-42(28-38-18-20-44(47(29-38)69-8)72-55(66)57-24-21-39(59)22-25-57)46(71-54(65)48(41)58)31-43(60)34(3)27-36(5)50(62)51(70-9)49(61)35(4)26-32/h10-12,14-15,27,32,34-35,37-42,44-48,50-51,59,62,67H,13,16-26,28-31H2,1-9H3/b12-10+,14-11+,33-15?,36-27+/t32-,34-,35-,37-,38+,40+,41?,42+,44-,45+,46+,47-,48+,50-,51+,56-/m1/s1. The molecule has 0 aromatic heterocycles. The van der Waals surface area contributed by atoms with Gasteiger partial charge in [0.2, 0.25) is 5.79 Å². The number of esters is 1. The Labute approximate surface area is 432 Å². The smallest absolute Gasteiger partial charge is 0.410 e. The molecule has 5 heterocycles. The molecule has 2 amide bonds. The number of rotatable bonds is 6. The van der Waals surface area contributed by atoms with Gasteiger partial charge in [0.15, 0.2) is 5.78 Å². The van der Waals surface area contributed by atoms with Gasteiger partial charge in [-0.15, -0.1) is 0 Å². The summed E-state index contributed by atoms with van der Waals surface area (Å²) in [4.78, 5) is 87.8. The molecule has 1 unspecified atom stereocenters. The van der Waals surface area contributed by atoms with Crippen molar-refractivity contribution < 1.29 is 72.5 Å². The zero-order valence-electron chi connectivity index (χ0n) is 44.7. The van der Waals surface area contributed by atoms with Crippen molar-refractivity contribution in [3.8, 4) is 0 Å². The second-order valence-corrected chi connectivity index (χ2v) is 22.1. The van der Waals surface area contributed by atoms with Crippen LogP contribution >= 0.6 is 0 Å². The summed E-state index contributed by atoms with van der Waals surface area (Å²) in [7, 11) is 4.52. The van der Waals surface area contributed by atoms with Crippen molar-refractivity contribution in [2.45, 2.75) is 186 Å². The highest BCUT2D eigenvalue weighted by Crippen LogP contribution is 2.46. The van der Waals surface area contributed by atoms with Gasteiger partial charge >= 0.3 is 12.1 Å². The number of aliphatic hydroxyl groups excluding tert-OH is 2. The Balaban J connectivity index is 1.31. The third kappa shape index (κ3) is 14.0. The maximum absolute atomic E-state index is 14.6. The Morgan fingerprint density at radius 2 is 1.53 bits per heavy atom. The van der Waals surface area contributed by atoms with Gasteiger partial charge in [-0.2, -0.15) is 0 Å². The lowest BCUT2D eigenvalue weighted by Crippen LogP contribution is -2.65. The maximum atomic E-state index is 14.6. The van der Waals surface area contributed by atoms with Gasteiger partial charge in [-0.1, -0.05) is 64.2 Å². The van der Waals surface area contributed by atoms with E-state index in [2.05, 4.69) is 0 Å². The third-order valence-corrected chi connectivity index (χ3v) is 16.9. The van der Waals surface area contributed by atoms with Crippen LogP contribution in [0.4, 0.5) is 4.79 Å². The first-order valence-corrected chi connectivity index (χ1v) is 26.8. The van der Waals surface area contributed by atoms with Gasteiger partial charge in [0.25, 0.3) is 11.7 Å². The number of ether oxygens (including phenoxy) is 6. The lowest BCUT2D eigenvalue weighted by molar-refractivity contribution is -0.266. The average Bonchev–Trinajstić information content (AvgIpc) is 3.37. The van der Waals surface area contributed by atoms with Crippen LogP contribution in [0.1, 0.15) is 125 Å². The fraction of sp³-hybridized carbons (Fsp3) is 0.750. The molecule has 0 spiro atoms. The fourth-order valence-corrected chi connectivity index (χ4v) is 12.3. The van der Waals surface area contributed by atoms with Crippen molar-refractivity contribution in [2.75, 3.05) is 41.0 Å². The van der Waals surface area contributed by atoms with Crippen LogP contribution in [0.15, 0.2) is 47.6 Å². The number of hydrogen-bond acceptors (Lipinski definition) is 15. The summed E-state index contributed by atoms with van der Waals surface area (Å²) in [5, 5.41) is 33.6. The fourth-order valence-electron chi connectivity index (χ4n) is 12.3. The highest BCUT2D eigenvalue weighted by Gasteiger charge is 2.57. The molecule has 0 aromatic rings. The second-order valence-electron chi connectivity index (χ2n) is 22.1. The van der Waals surface area contributed by atoms with E-state index in [-0.39, 0.29) is 36.4 Å². The highest BCUT2D eigenvalue weighted by atomic mass is 16.6. The summed E-state index contributed by atoms with van der Waals surface area (Å²) in [5.41, 5.74) is 1.25. The molecule has 6 aliphatic rings. The molecule has 16 atom stereocenters. The molecule has 0 aromatic carbocycles. The molecule has 0 radical (unpaired) electrons. The van der Waals surface area contributed by atoms with Crippen LogP contribution in [-0.4, -0.2) is 162 Å². The topological polar surface area (TPSA) is 225 Å². The molecular formula is C56H84N2O15. The number of allylic oxidation sites excluding steroid dienone is 6. The number of Topliss-reactive ketones (excluding diaryl/α,β-unsaturated/α-hetero) is 3. The molecule has 4 saturated heterocycles. The average molecular weight is 1030 g/mol. The Morgan fingerprint density at radius 3 is 2.22 bits per heavy atom. The van der Waals surface area contributed by atoms with E-state index in [0.29, 0.717) is 95.7 Å². The molecule has 5 aliphatic heterocycles. The highest BCUT2D eigenvalue weighted by molar-refractivity contribution is 6.39. The molecule has 1 aliphatic carbocycles. The number of hydrogen-bond donors (Lipinski definition) is 3. The summed E-state index contributed by atoms with van der Waals surface area (Å²) >= 11 is 0. The van der Waals surface area contributed by atoms with E-state index in [4.69, 9.17) is 28.4 Å². The molecule has 1 saturated carbocycles. The van der Waals surface area contributed by atoms with Crippen LogP contribution in [0.3, 0.4) is 0 Å². The number of piperidine rings is 2. The largest absolute Gasteiger partial charge is 0.460 e. The van der Waals surface area contributed by atoms with Gasteiger partial charge in [-0.3, -0.25) is 19.2 Å². The number of nitrogens with zero attached hydrogens (tertiary/aromatic N) is 2. The Bertz CT molecular complexity index is 2080. The zero-order valence-corrected chi connectivity index (χ0v) is 44.7. The summed E-state index contributed by atoms with van der Waals surface area (Å²) in [6.07, 6.45) is 10.3. The quantitative estimate of drug-likeness (QED) is 0.158. The maximum Gasteiger partial charge on any atom is 0.410 e. The van der Waals surface area contributed by atoms with Gasteiger partial charge in [0, 0.05) is 77.5 Å². The van der Waals surface area contributed by atoms with Gasteiger partial charge in [0.1, 0.15) is 36.2 Å². The normalized spacial score (nSPS) is 40.1. The van der Waals surface area contributed by atoms with Crippen molar-refractivity contribution in [2.24, 2.45) is 41.4 Å². The van der Waals surface area contributed by atoms with Crippen molar-refractivity contribution in [1.29, 1.82) is 0 Å². The summed E-state index contributed by atoms with van der Waals surface area (Å²) < 4.78 is 35.9. The van der Waals surface area contributed by atoms with Gasteiger partial charge in [-0.05, 0) is 113 Å². The number of methoxy groups -OCH3 is 3. The number of carbonyl (C=O) groups is 6. The van der Waals surface area contributed by atoms with E-state index >= 15 is 0 Å². The van der Waals surface area contributed by atoms with Gasteiger partial charge in [-0.25, -0.2) is 9.59 Å². The van der Waals surface area contributed by atoms with E-state index in [1.165, 1.54) is 12.0 Å². The summed E-state index contributed by atoms with van der Waals surface area (Å²) in [5.74, 6) is -8.89. The number of fused-ring (bicyclic) bond motifs is 3. The molecule has 5 fully saturated rings. The number of ketones is 3. The first-order valence-electron chi connectivity index (χ1n) is 26.8. The molecule has 73 heavy (non-hydrogen) atoms. The minimum atomic E-state index is -2.47. The SMILES string of the molecule is CO[C@H]1C[C@@H]2CC[C@@H](C)[C@@](O)(O2)C(=O)C(=O)N2CCCC3[C@H]2C(=O)O[C@@H](CC(=O)[C@H](C)/C=C(\C)[C@@H](O)[C@@H](OC)C(=O)[C@H](C)C[C@H](C)/C=C/C=C/C=C1C)[C@H]3C[C@@H]1CC[C@@H](OC(=O)N2CCC(O)CC2)[C@H](OC)C1. The summed E-state index contributed by atoms with van der Waals surface area (Å²) in [6, 6.07) is -1.17.